The Balaban J connectivity index is 1.29. The maximum absolute atomic E-state index is 13.3. The molecule has 4 rings (SSSR count). The van der Waals surface area contributed by atoms with Crippen LogP contribution in [-0.4, -0.2) is 60.3 Å². The molecular weight excluding hydrogens is 418 g/mol. The third-order valence-electron chi connectivity index (χ3n) is 6.37. The predicted octanol–water partition coefficient (Wildman–Crippen LogP) is 2.85. The SMILES string of the molecule is CNC(=O)c1ccc(CN(C(=O)C2CCN(C(=O)COc3ccccc3)CC2)C2CC2)cc1. The summed E-state index contributed by atoms with van der Waals surface area (Å²) >= 11 is 0. The minimum Gasteiger partial charge on any atom is -0.484 e. The van der Waals surface area contributed by atoms with Crippen LogP contribution in [-0.2, 0) is 16.1 Å². The Morgan fingerprint density at radius 2 is 1.64 bits per heavy atom. The quantitative estimate of drug-likeness (QED) is 0.672. The normalized spacial score (nSPS) is 16.2. The van der Waals surface area contributed by atoms with Crippen LogP contribution in [0, 0.1) is 5.92 Å². The number of rotatable bonds is 8. The van der Waals surface area contributed by atoms with E-state index in [1.165, 1.54) is 0 Å². The van der Waals surface area contributed by atoms with E-state index in [4.69, 9.17) is 4.74 Å². The van der Waals surface area contributed by atoms with Gasteiger partial charge in [-0.2, -0.15) is 0 Å². The van der Waals surface area contributed by atoms with Crippen molar-refractivity contribution in [2.75, 3.05) is 26.7 Å². The minimum atomic E-state index is -0.118. The van der Waals surface area contributed by atoms with Gasteiger partial charge in [-0.15, -0.1) is 0 Å². The van der Waals surface area contributed by atoms with Crippen molar-refractivity contribution < 1.29 is 19.1 Å². The molecule has 1 aliphatic carbocycles. The molecule has 0 bridgehead atoms. The monoisotopic (exact) mass is 449 g/mol. The highest BCUT2D eigenvalue weighted by atomic mass is 16.5. The lowest BCUT2D eigenvalue weighted by atomic mass is 9.94. The van der Waals surface area contributed by atoms with E-state index in [1.807, 2.05) is 47.4 Å². The average molecular weight is 450 g/mol. The predicted molar refractivity (Wildman–Crippen MR) is 125 cm³/mol. The number of carbonyl (C=O) groups excluding carboxylic acids is 3. The minimum absolute atomic E-state index is 0.0167. The van der Waals surface area contributed by atoms with Gasteiger partial charge in [0.15, 0.2) is 6.61 Å². The summed E-state index contributed by atoms with van der Waals surface area (Å²) in [7, 11) is 1.61. The summed E-state index contributed by atoms with van der Waals surface area (Å²) in [5.41, 5.74) is 1.63. The molecule has 0 spiro atoms. The van der Waals surface area contributed by atoms with Crippen LogP contribution in [0.5, 0.6) is 5.75 Å². The molecule has 1 aliphatic heterocycles. The number of para-hydroxylation sites is 1. The number of likely N-dealkylation sites (tertiary alicyclic amines) is 1. The first-order chi connectivity index (χ1) is 16.0. The molecule has 1 N–H and O–H groups in total. The van der Waals surface area contributed by atoms with E-state index in [0.29, 0.717) is 49.8 Å². The zero-order valence-electron chi connectivity index (χ0n) is 19.0. The van der Waals surface area contributed by atoms with Gasteiger partial charge in [0.2, 0.25) is 5.91 Å². The van der Waals surface area contributed by atoms with Crippen LogP contribution in [0.15, 0.2) is 54.6 Å². The zero-order chi connectivity index (χ0) is 23.2. The van der Waals surface area contributed by atoms with Crippen molar-refractivity contribution in [3.63, 3.8) is 0 Å². The van der Waals surface area contributed by atoms with E-state index in [-0.39, 0.29) is 30.2 Å². The van der Waals surface area contributed by atoms with E-state index < -0.39 is 0 Å². The molecule has 2 aromatic rings. The van der Waals surface area contributed by atoms with Crippen LogP contribution in [0.4, 0.5) is 0 Å². The van der Waals surface area contributed by atoms with Crippen molar-refractivity contribution in [2.24, 2.45) is 5.92 Å². The second-order valence-corrected chi connectivity index (χ2v) is 8.73. The first kappa shape index (κ1) is 22.8. The lowest BCUT2D eigenvalue weighted by Gasteiger charge is -2.34. The molecule has 174 valence electrons. The van der Waals surface area contributed by atoms with E-state index in [0.717, 1.165) is 18.4 Å². The topological polar surface area (TPSA) is 79.0 Å². The molecule has 0 unspecified atom stereocenters. The number of amides is 3. The molecule has 7 nitrogen and oxygen atoms in total. The molecular formula is C26H31N3O4. The smallest absolute Gasteiger partial charge is 0.260 e. The van der Waals surface area contributed by atoms with Crippen molar-refractivity contribution in [3.8, 4) is 5.75 Å². The Bertz CT molecular complexity index is 965. The van der Waals surface area contributed by atoms with Gasteiger partial charge in [0.25, 0.3) is 11.8 Å². The lowest BCUT2D eigenvalue weighted by molar-refractivity contribution is -0.142. The number of hydrogen-bond acceptors (Lipinski definition) is 4. The molecule has 0 aromatic heterocycles. The third-order valence-corrected chi connectivity index (χ3v) is 6.37. The molecule has 33 heavy (non-hydrogen) atoms. The Kier molecular flexibility index (Phi) is 7.27. The number of hydrogen-bond donors (Lipinski definition) is 1. The molecule has 1 heterocycles. The summed E-state index contributed by atoms with van der Waals surface area (Å²) in [5, 5.41) is 2.62. The maximum atomic E-state index is 13.3. The highest BCUT2D eigenvalue weighted by molar-refractivity contribution is 5.94. The lowest BCUT2D eigenvalue weighted by Crippen LogP contribution is -2.46. The van der Waals surface area contributed by atoms with E-state index in [9.17, 15) is 14.4 Å². The molecule has 2 fully saturated rings. The third kappa shape index (κ3) is 5.92. The Labute approximate surface area is 194 Å². The van der Waals surface area contributed by atoms with Crippen LogP contribution in [0.2, 0.25) is 0 Å². The number of piperidine rings is 1. The van der Waals surface area contributed by atoms with Gasteiger partial charge in [-0.3, -0.25) is 14.4 Å². The fourth-order valence-electron chi connectivity index (χ4n) is 4.24. The zero-order valence-corrected chi connectivity index (χ0v) is 19.0. The van der Waals surface area contributed by atoms with Crippen molar-refractivity contribution in [2.45, 2.75) is 38.3 Å². The largest absolute Gasteiger partial charge is 0.484 e. The van der Waals surface area contributed by atoms with E-state index in [1.54, 1.807) is 24.1 Å². The number of benzene rings is 2. The molecule has 2 aromatic carbocycles. The van der Waals surface area contributed by atoms with Gasteiger partial charge in [0, 0.05) is 44.2 Å². The van der Waals surface area contributed by atoms with Crippen LogP contribution in [0.3, 0.4) is 0 Å². The summed E-state index contributed by atoms with van der Waals surface area (Å²) < 4.78 is 5.58. The standard InChI is InChI=1S/C26H31N3O4/c1-27-25(31)20-9-7-19(8-10-20)17-29(22-11-12-22)26(32)21-13-15-28(16-14-21)24(30)18-33-23-5-3-2-4-6-23/h2-10,21-22H,11-18H2,1H3,(H,27,31). The first-order valence-electron chi connectivity index (χ1n) is 11.6. The maximum Gasteiger partial charge on any atom is 0.260 e. The van der Waals surface area contributed by atoms with Gasteiger partial charge in [0.05, 0.1) is 0 Å². The number of carbonyl (C=O) groups is 3. The fraction of sp³-hybridized carbons (Fsp3) is 0.423. The van der Waals surface area contributed by atoms with Crippen LogP contribution >= 0.6 is 0 Å². The van der Waals surface area contributed by atoms with E-state index in [2.05, 4.69) is 5.32 Å². The molecule has 0 atom stereocenters. The summed E-state index contributed by atoms with van der Waals surface area (Å²) in [6, 6.07) is 17.0. The summed E-state index contributed by atoms with van der Waals surface area (Å²) in [4.78, 5) is 41.4. The van der Waals surface area contributed by atoms with Gasteiger partial charge in [-0.05, 0) is 55.5 Å². The number of nitrogens with one attached hydrogen (secondary N) is 1. The molecule has 7 heteroatoms. The highest BCUT2D eigenvalue weighted by Gasteiger charge is 2.37. The molecule has 1 saturated heterocycles. The van der Waals surface area contributed by atoms with Gasteiger partial charge < -0.3 is 19.9 Å². The van der Waals surface area contributed by atoms with Crippen molar-refractivity contribution in [1.29, 1.82) is 0 Å². The van der Waals surface area contributed by atoms with Gasteiger partial charge >= 0.3 is 0 Å². The van der Waals surface area contributed by atoms with Gasteiger partial charge in [0.1, 0.15) is 5.75 Å². The van der Waals surface area contributed by atoms with Gasteiger partial charge in [-0.25, -0.2) is 0 Å². The van der Waals surface area contributed by atoms with Crippen LogP contribution in [0.25, 0.3) is 0 Å². The second kappa shape index (κ2) is 10.5. The van der Waals surface area contributed by atoms with Crippen molar-refractivity contribution in [3.05, 3.63) is 65.7 Å². The fourth-order valence-corrected chi connectivity index (χ4v) is 4.24. The summed E-state index contributed by atoms with van der Waals surface area (Å²) in [6.07, 6.45) is 3.43. The molecule has 2 aliphatic rings. The van der Waals surface area contributed by atoms with Crippen molar-refractivity contribution in [1.82, 2.24) is 15.1 Å². The van der Waals surface area contributed by atoms with E-state index >= 15 is 0 Å². The second-order valence-electron chi connectivity index (χ2n) is 8.73. The first-order valence-corrected chi connectivity index (χ1v) is 11.6. The number of nitrogens with zero attached hydrogens (tertiary/aromatic N) is 2. The summed E-state index contributed by atoms with van der Waals surface area (Å²) in [5.74, 6) is 0.641. The average Bonchev–Trinajstić information content (AvgIpc) is 3.71. The Hall–Kier alpha value is -3.35. The number of ether oxygens (including phenoxy) is 1. The molecule has 0 radical (unpaired) electrons. The van der Waals surface area contributed by atoms with Gasteiger partial charge in [-0.1, -0.05) is 30.3 Å². The molecule has 3 amide bonds. The van der Waals surface area contributed by atoms with Crippen LogP contribution < -0.4 is 10.1 Å². The molecule has 1 saturated carbocycles. The highest BCUT2D eigenvalue weighted by Crippen LogP contribution is 2.32. The van der Waals surface area contributed by atoms with Crippen LogP contribution in [0.1, 0.15) is 41.6 Å². The van der Waals surface area contributed by atoms with Crippen molar-refractivity contribution >= 4 is 17.7 Å². The Morgan fingerprint density at radius 3 is 2.24 bits per heavy atom. The Morgan fingerprint density at radius 1 is 0.970 bits per heavy atom. The summed E-state index contributed by atoms with van der Waals surface area (Å²) in [6.45, 7) is 1.73.